The molecule has 0 N–H and O–H groups in total. The van der Waals surface area contributed by atoms with Gasteiger partial charge in [0.1, 0.15) is 11.6 Å². The Morgan fingerprint density at radius 1 is 0.967 bits per heavy atom. The summed E-state index contributed by atoms with van der Waals surface area (Å²) in [5, 5.41) is 0. The highest BCUT2D eigenvalue weighted by Gasteiger charge is 2.51. The van der Waals surface area contributed by atoms with Gasteiger partial charge in [0.25, 0.3) is 0 Å². The maximum Gasteiger partial charge on any atom is 0.496 e. The molecule has 0 amide bonds. The smallest absolute Gasteiger partial charge is 0.399 e. The first-order chi connectivity index (χ1) is 14.2. The largest absolute Gasteiger partial charge is 0.496 e. The molecule has 2 aromatic rings. The summed E-state index contributed by atoms with van der Waals surface area (Å²) in [7, 11) is 1.68. The normalized spacial score (nSPS) is 21.1. The van der Waals surface area contributed by atoms with E-state index >= 15 is 0 Å². The van der Waals surface area contributed by atoms with E-state index in [1.54, 1.807) is 0 Å². The molecular formula is C23H33BN4O2. The molecule has 7 heteroatoms. The fraction of sp³-hybridized carbons (Fsp3) is 0.565. The molecule has 2 aliphatic heterocycles. The highest BCUT2D eigenvalue weighted by Crippen LogP contribution is 2.36. The Kier molecular flexibility index (Phi) is 5.53. The Morgan fingerprint density at radius 3 is 2.17 bits per heavy atom. The van der Waals surface area contributed by atoms with Gasteiger partial charge in [0.05, 0.1) is 17.2 Å². The van der Waals surface area contributed by atoms with E-state index < -0.39 is 0 Å². The minimum Gasteiger partial charge on any atom is -0.399 e. The number of aromatic nitrogens is 2. The molecule has 30 heavy (non-hydrogen) atoms. The average molecular weight is 408 g/mol. The van der Waals surface area contributed by atoms with E-state index in [0.29, 0.717) is 0 Å². The van der Waals surface area contributed by atoms with Crippen molar-refractivity contribution in [2.45, 2.75) is 64.7 Å². The van der Waals surface area contributed by atoms with E-state index in [-0.39, 0.29) is 24.4 Å². The summed E-state index contributed by atoms with van der Waals surface area (Å²) in [6.07, 6.45) is 6.37. The average Bonchev–Trinajstić information content (AvgIpc) is 3.33. The van der Waals surface area contributed by atoms with Gasteiger partial charge in [0, 0.05) is 38.0 Å². The third-order valence-electron chi connectivity index (χ3n) is 6.92. The molecule has 2 fully saturated rings. The van der Waals surface area contributed by atoms with Gasteiger partial charge in [0.15, 0.2) is 0 Å². The molecule has 0 aliphatic carbocycles. The van der Waals surface area contributed by atoms with E-state index in [0.717, 1.165) is 30.2 Å². The summed E-state index contributed by atoms with van der Waals surface area (Å²) in [6.45, 7) is 12.7. The van der Waals surface area contributed by atoms with Crippen LogP contribution in [0.3, 0.4) is 0 Å². The van der Waals surface area contributed by atoms with Gasteiger partial charge in [-0.3, -0.25) is 0 Å². The number of pyridine rings is 2. The molecule has 2 aromatic heterocycles. The van der Waals surface area contributed by atoms with Crippen LogP contribution >= 0.6 is 0 Å². The van der Waals surface area contributed by atoms with Gasteiger partial charge in [-0.15, -0.1) is 0 Å². The zero-order valence-electron chi connectivity index (χ0n) is 19.1. The Labute approximate surface area is 180 Å². The van der Waals surface area contributed by atoms with Crippen molar-refractivity contribution in [3.8, 4) is 0 Å². The van der Waals surface area contributed by atoms with Crippen LogP contribution in [0.25, 0.3) is 0 Å². The molecular weight excluding hydrogens is 375 g/mol. The molecule has 4 rings (SSSR count). The molecule has 1 unspecified atom stereocenters. The Hall–Kier alpha value is -2.12. The molecule has 0 radical (unpaired) electrons. The molecule has 0 saturated carbocycles. The second-order valence-electron chi connectivity index (χ2n) is 9.47. The molecule has 1 atom stereocenters. The Balaban J connectivity index is 1.44. The highest BCUT2D eigenvalue weighted by molar-refractivity contribution is 6.62. The van der Waals surface area contributed by atoms with Crippen LogP contribution in [0.5, 0.6) is 0 Å². The third-order valence-corrected chi connectivity index (χ3v) is 6.92. The lowest BCUT2D eigenvalue weighted by Gasteiger charge is -2.32. The van der Waals surface area contributed by atoms with E-state index in [4.69, 9.17) is 14.3 Å². The number of nitrogens with zero attached hydrogens (tertiary/aromatic N) is 4. The SMILES string of the molecule is CC(c1ccc(N2CCCC2)nc1)N(C)c1ccc(B2OC(C)(C)C(C)(C)O2)cn1. The molecule has 6 nitrogen and oxygen atoms in total. The first kappa shape index (κ1) is 21.1. The quantitative estimate of drug-likeness (QED) is 0.705. The third kappa shape index (κ3) is 3.93. The first-order valence-electron chi connectivity index (χ1n) is 10.9. The van der Waals surface area contributed by atoms with Crippen LogP contribution in [0.2, 0.25) is 0 Å². The predicted octanol–water partition coefficient (Wildman–Crippen LogP) is 3.57. The van der Waals surface area contributed by atoms with Gasteiger partial charge in [-0.1, -0.05) is 12.1 Å². The van der Waals surface area contributed by atoms with Crippen molar-refractivity contribution in [2.75, 3.05) is 29.9 Å². The van der Waals surface area contributed by atoms with Crippen LogP contribution in [0.1, 0.15) is 59.1 Å². The maximum absolute atomic E-state index is 6.13. The fourth-order valence-electron chi connectivity index (χ4n) is 3.92. The van der Waals surface area contributed by atoms with E-state index in [1.807, 2.05) is 24.5 Å². The first-order valence-corrected chi connectivity index (χ1v) is 10.9. The predicted molar refractivity (Wildman–Crippen MR) is 122 cm³/mol. The summed E-state index contributed by atoms with van der Waals surface area (Å²) in [5.74, 6) is 1.99. The highest BCUT2D eigenvalue weighted by atomic mass is 16.7. The standard InChI is InChI=1S/C23H33BN4O2/c1-17(18-9-11-21(25-15-18)28-13-7-8-14-28)27(6)20-12-10-19(16-26-20)24-29-22(2,3)23(4,5)30-24/h9-12,15-17H,7-8,13-14H2,1-6H3. The Bertz CT molecular complexity index is 848. The van der Waals surface area contributed by atoms with E-state index in [2.05, 4.69) is 68.6 Å². The number of hydrogen-bond acceptors (Lipinski definition) is 6. The van der Waals surface area contributed by atoms with Gasteiger partial charge in [-0.05, 0) is 65.2 Å². The topological polar surface area (TPSA) is 50.7 Å². The van der Waals surface area contributed by atoms with Gasteiger partial charge >= 0.3 is 7.12 Å². The van der Waals surface area contributed by atoms with E-state index in [1.165, 1.54) is 18.4 Å². The lowest BCUT2D eigenvalue weighted by molar-refractivity contribution is 0.00578. The zero-order valence-corrected chi connectivity index (χ0v) is 19.1. The van der Waals surface area contributed by atoms with Crippen molar-refractivity contribution in [1.29, 1.82) is 0 Å². The summed E-state index contributed by atoms with van der Waals surface area (Å²) in [5.41, 5.74) is 1.42. The molecule has 160 valence electrons. The van der Waals surface area contributed by atoms with Crippen LogP contribution in [-0.2, 0) is 9.31 Å². The molecule has 2 saturated heterocycles. The Morgan fingerprint density at radius 2 is 1.63 bits per heavy atom. The summed E-state index contributed by atoms with van der Waals surface area (Å²) in [4.78, 5) is 13.9. The van der Waals surface area contributed by atoms with Crippen LogP contribution < -0.4 is 15.3 Å². The van der Waals surface area contributed by atoms with Crippen molar-refractivity contribution in [3.05, 3.63) is 42.2 Å². The molecule has 0 bridgehead atoms. The summed E-state index contributed by atoms with van der Waals surface area (Å²) < 4.78 is 12.3. The minimum atomic E-state index is -0.387. The number of anilines is 2. The second-order valence-corrected chi connectivity index (χ2v) is 9.47. The van der Waals surface area contributed by atoms with Crippen LogP contribution in [0.4, 0.5) is 11.6 Å². The molecule has 4 heterocycles. The molecule has 0 spiro atoms. The fourth-order valence-corrected chi connectivity index (χ4v) is 3.92. The van der Waals surface area contributed by atoms with Crippen LogP contribution in [0.15, 0.2) is 36.7 Å². The van der Waals surface area contributed by atoms with Crippen LogP contribution in [-0.4, -0.2) is 48.4 Å². The van der Waals surface area contributed by atoms with Crippen LogP contribution in [0, 0.1) is 0 Å². The number of rotatable bonds is 5. The second kappa shape index (κ2) is 7.86. The lowest BCUT2D eigenvalue weighted by atomic mass is 9.80. The van der Waals surface area contributed by atoms with Crippen molar-refractivity contribution >= 4 is 24.2 Å². The molecule has 0 aromatic carbocycles. The summed E-state index contributed by atoms with van der Waals surface area (Å²) >= 11 is 0. The number of hydrogen-bond donors (Lipinski definition) is 0. The lowest BCUT2D eigenvalue weighted by Crippen LogP contribution is -2.41. The summed E-state index contributed by atoms with van der Waals surface area (Å²) in [6, 6.07) is 8.56. The van der Waals surface area contributed by atoms with Gasteiger partial charge in [-0.2, -0.15) is 0 Å². The van der Waals surface area contributed by atoms with Crippen molar-refractivity contribution in [3.63, 3.8) is 0 Å². The van der Waals surface area contributed by atoms with Gasteiger partial charge in [0.2, 0.25) is 0 Å². The van der Waals surface area contributed by atoms with Crippen molar-refractivity contribution in [2.24, 2.45) is 0 Å². The minimum absolute atomic E-state index is 0.167. The van der Waals surface area contributed by atoms with Gasteiger partial charge < -0.3 is 19.1 Å². The van der Waals surface area contributed by atoms with Crippen molar-refractivity contribution < 1.29 is 9.31 Å². The van der Waals surface area contributed by atoms with E-state index in [9.17, 15) is 0 Å². The van der Waals surface area contributed by atoms with Gasteiger partial charge in [-0.25, -0.2) is 9.97 Å². The zero-order chi connectivity index (χ0) is 21.5. The van der Waals surface area contributed by atoms with Crippen molar-refractivity contribution in [1.82, 2.24) is 9.97 Å². The maximum atomic E-state index is 6.13. The molecule has 2 aliphatic rings. The monoisotopic (exact) mass is 408 g/mol.